The number of carbonyl (C=O) groups excluding carboxylic acids is 1. The third-order valence-corrected chi connectivity index (χ3v) is 6.37. The number of para-hydroxylation sites is 1. The molecule has 0 aromatic heterocycles. The number of amides is 1. The number of amidine groups is 1. The van der Waals surface area contributed by atoms with E-state index in [2.05, 4.69) is 9.71 Å². The quantitative estimate of drug-likeness (QED) is 0.884. The van der Waals surface area contributed by atoms with Gasteiger partial charge in [-0.1, -0.05) is 44.2 Å². The van der Waals surface area contributed by atoms with Crippen molar-refractivity contribution in [3.63, 3.8) is 0 Å². The van der Waals surface area contributed by atoms with Crippen molar-refractivity contribution in [2.24, 2.45) is 10.9 Å². The van der Waals surface area contributed by atoms with Gasteiger partial charge in [-0.05, 0) is 36.1 Å². The Morgan fingerprint density at radius 1 is 1.11 bits per heavy atom. The van der Waals surface area contributed by atoms with Gasteiger partial charge in [-0.3, -0.25) is 14.5 Å². The van der Waals surface area contributed by atoms with E-state index in [1.807, 2.05) is 38.1 Å². The van der Waals surface area contributed by atoms with Crippen LogP contribution in [0.3, 0.4) is 0 Å². The van der Waals surface area contributed by atoms with Gasteiger partial charge in [0, 0.05) is 17.8 Å². The summed E-state index contributed by atoms with van der Waals surface area (Å²) in [6.45, 7) is 4.46. The Bertz CT molecular complexity index is 1040. The van der Waals surface area contributed by atoms with Crippen LogP contribution in [-0.2, 0) is 21.2 Å². The third kappa shape index (κ3) is 3.02. The minimum absolute atomic E-state index is 0.0740. The molecule has 0 radical (unpaired) electrons. The summed E-state index contributed by atoms with van der Waals surface area (Å²) in [6, 6.07) is 13.9. The SMILES string of the molecule is CC(C)[C@H](N=C1NS(=O)(=O)c2ccccc21)C(=O)N1CCc2ccccc21. The van der Waals surface area contributed by atoms with Crippen LogP contribution in [-0.4, -0.2) is 32.7 Å². The van der Waals surface area contributed by atoms with Crippen LogP contribution in [0, 0.1) is 5.92 Å². The van der Waals surface area contributed by atoms with Gasteiger partial charge in [0.2, 0.25) is 0 Å². The number of aliphatic imine (C=N–C) groups is 1. The highest BCUT2D eigenvalue weighted by Crippen LogP contribution is 2.30. The van der Waals surface area contributed by atoms with Crippen molar-refractivity contribution in [1.82, 2.24) is 4.72 Å². The molecule has 6 nitrogen and oxygen atoms in total. The summed E-state index contributed by atoms with van der Waals surface area (Å²) < 4.78 is 27.1. The monoisotopic (exact) mass is 383 g/mol. The van der Waals surface area contributed by atoms with E-state index in [9.17, 15) is 13.2 Å². The maximum Gasteiger partial charge on any atom is 0.263 e. The average Bonchev–Trinajstić information content (AvgIpc) is 3.18. The molecule has 0 bridgehead atoms. The summed E-state index contributed by atoms with van der Waals surface area (Å²) >= 11 is 0. The molecule has 2 heterocycles. The molecule has 2 aliphatic heterocycles. The largest absolute Gasteiger partial charge is 0.310 e. The van der Waals surface area contributed by atoms with E-state index in [0.717, 1.165) is 17.7 Å². The van der Waals surface area contributed by atoms with Gasteiger partial charge in [-0.2, -0.15) is 0 Å². The lowest BCUT2D eigenvalue weighted by atomic mass is 10.0. The molecule has 0 unspecified atom stereocenters. The smallest absolute Gasteiger partial charge is 0.263 e. The molecule has 1 atom stereocenters. The fraction of sp³-hybridized carbons (Fsp3) is 0.300. The van der Waals surface area contributed by atoms with Crippen molar-refractivity contribution in [3.8, 4) is 0 Å². The van der Waals surface area contributed by atoms with Crippen LogP contribution in [0.2, 0.25) is 0 Å². The van der Waals surface area contributed by atoms with E-state index in [1.165, 1.54) is 0 Å². The standard InChI is InChI=1S/C20H21N3O3S/c1-13(2)18(20(24)23-12-11-14-7-3-5-9-16(14)23)21-19-15-8-4-6-10-17(15)27(25,26)22-19/h3-10,13,18H,11-12H2,1-2H3,(H,21,22)/t18-/m0/s1. The molecule has 27 heavy (non-hydrogen) atoms. The predicted molar refractivity (Wildman–Crippen MR) is 104 cm³/mol. The summed E-state index contributed by atoms with van der Waals surface area (Å²) in [4.78, 5) is 19.8. The predicted octanol–water partition coefficient (Wildman–Crippen LogP) is 2.34. The highest BCUT2D eigenvalue weighted by atomic mass is 32.2. The highest BCUT2D eigenvalue weighted by Gasteiger charge is 2.35. The number of fused-ring (bicyclic) bond motifs is 2. The van der Waals surface area contributed by atoms with E-state index in [-0.39, 0.29) is 22.6 Å². The second kappa shape index (κ2) is 6.49. The zero-order valence-electron chi connectivity index (χ0n) is 15.2. The molecular weight excluding hydrogens is 362 g/mol. The molecule has 140 valence electrons. The van der Waals surface area contributed by atoms with Crippen LogP contribution in [0.4, 0.5) is 5.69 Å². The lowest BCUT2D eigenvalue weighted by Crippen LogP contribution is -2.41. The molecule has 7 heteroatoms. The summed E-state index contributed by atoms with van der Waals surface area (Å²) in [5, 5.41) is 0. The van der Waals surface area contributed by atoms with Crippen molar-refractivity contribution in [2.45, 2.75) is 31.2 Å². The molecule has 0 spiro atoms. The van der Waals surface area contributed by atoms with E-state index in [1.54, 1.807) is 29.2 Å². The van der Waals surface area contributed by atoms with Crippen molar-refractivity contribution >= 4 is 27.5 Å². The lowest BCUT2D eigenvalue weighted by Gasteiger charge is -2.24. The molecular formula is C20H21N3O3S. The second-order valence-corrected chi connectivity index (χ2v) is 8.79. The Morgan fingerprint density at radius 2 is 1.81 bits per heavy atom. The van der Waals surface area contributed by atoms with E-state index < -0.39 is 16.1 Å². The van der Waals surface area contributed by atoms with Crippen LogP contribution in [0.15, 0.2) is 58.4 Å². The first-order valence-corrected chi connectivity index (χ1v) is 10.5. The van der Waals surface area contributed by atoms with Crippen molar-refractivity contribution < 1.29 is 13.2 Å². The molecule has 0 saturated carbocycles. The minimum atomic E-state index is -3.63. The molecule has 2 aromatic rings. The molecule has 0 aliphatic carbocycles. The molecule has 4 rings (SSSR count). The van der Waals surface area contributed by atoms with E-state index >= 15 is 0 Å². The van der Waals surface area contributed by atoms with Crippen LogP contribution in [0.25, 0.3) is 0 Å². The van der Waals surface area contributed by atoms with Gasteiger partial charge < -0.3 is 4.90 Å². The lowest BCUT2D eigenvalue weighted by molar-refractivity contribution is -0.120. The first kappa shape index (κ1) is 17.7. The summed E-state index contributed by atoms with van der Waals surface area (Å²) in [5.41, 5.74) is 2.58. The van der Waals surface area contributed by atoms with Gasteiger partial charge in [-0.15, -0.1) is 0 Å². The Balaban J connectivity index is 1.71. The van der Waals surface area contributed by atoms with Crippen molar-refractivity contribution in [2.75, 3.05) is 11.4 Å². The highest BCUT2D eigenvalue weighted by molar-refractivity contribution is 7.90. The Hall–Kier alpha value is -2.67. The molecule has 2 aromatic carbocycles. The topological polar surface area (TPSA) is 78.8 Å². The number of sulfonamides is 1. The number of nitrogens with zero attached hydrogens (tertiary/aromatic N) is 2. The van der Waals surface area contributed by atoms with Crippen LogP contribution in [0.5, 0.6) is 0 Å². The fourth-order valence-corrected chi connectivity index (χ4v) is 4.82. The van der Waals surface area contributed by atoms with Gasteiger partial charge in [0.15, 0.2) is 0 Å². The number of anilines is 1. The van der Waals surface area contributed by atoms with Gasteiger partial charge in [0.05, 0.1) is 4.90 Å². The first-order chi connectivity index (χ1) is 12.9. The van der Waals surface area contributed by atoms with Crippen LogP contribution < -0.4 is 9.62 Å². The number of nitrogens with one attached hydrogen (secondary N) is 1. The third-order valence-electron chi connectivity index (χ3n) is 4.97. The maximum absolute atomic E-state index is 13.3. The average molecular weight is 383 g/mol. The molecule has 1 N–H and O–H groups in total. The molecule has 0 saturated heterocycles. The van der Waals surface area contributed by atoms with E-state index in [0.29, 0.717) is 12.1 Å². The number of hydrogen-bond donors (Lipinski definition) is 1. The Kier molecular flexibility index (Phi) is 4.26. The zero-order chi connectivity index (χ0) is 19.2. The number of rotatable bonds is 3. The number of hydrogen-bond acceptors (Lipinski definition) is 4. The van der Waals surface area contributed by atoms with Gasteiger partial charge in [-0.25, -0.2) is 8.42 Å². The zero-order valence-corrected chi connectivity index (χ0v) is 16.0. The Labute approximate surface area is 159 Å². The van der Waals surface area contributed by atoms with Crippen LogP contribution in [0.1, 0.15) is 25.0 Å². The molecule has 0 fully saturated rings. The van der Waals surface area contributed by atoms with Crippen LogP contribution >= 0.6 is 0 Å². The van der Waals surface area contributed by atoms with E-state index in [4.69, 9.17) is 0 Å². The van der Waals surface area contributed by atoms with Gasteiger partial charge in [0.1, 0.15) is 11.9 Å². The first-order valence-electron chi connectivity index (χ1n) is 8.98. The molecule has 2 aliphatic rings. The summed E-state index contributed by atoms with van der Waals surface area (Å²) in [7, 11) is -3.63. The second-order valence-electron chi connectivity index (χ2n) is 7.14. The number of benzene rings is 2. The summed E-state index contributed by atoms with van der Waals surface area (Å²) in [6.07, 6.45) is 0.818. The summed E-state index contributed by atoms with van der Waals surface area (Å²) in [5.74, 6) is 0.0613. The van der Waals surface area contributed by atoms with Crippen molar-refractivity contribution in [1.29, 1.82) is 0 Å². The Morgan fingerprint density at radius 3 is 2.59 bits per heavy atom. The fourth-order valence-electron chi connectivity index (χ4n) is 3.59. The maximum atomic E-state index is 13.3. The van der Waals surface area contributed by atoms with Crippen molar-refractivity contribution in [3.05, 3.63) is 59.7 Å². The normalized spacial score (nSPS) is 19.7. The molecule has 1 amide bonds. The van der Waals surface area contributed by atoms with Gasteiger partial charge >= 0.3 is 0 Å². The van der Waals surface area contributed by atoms with Gasteiger partial charge in [0.25, 0.3) is 15.9 Å². The minimum Gasteiger partial charge on any atom is -0.310 e. The number of carbonyl (C=O) groups is 1.